The van der Waals surface area contributed by atoms with Crippen LogP contribution < -0.4 is 10.5 Å². The molecule has 2 aromatic rings. The fourth-order valence-electron chi connectivity index (χ4n) is 2.42. The average Bonchev–Trinajstić information content (AvgIpc) is 2.50. The van der Waals surface area contributed by atoms with Crippen molar-refractivity contribution in [3.63, 3.8) is 0 Å². The van der Waals surface area contributed by atoms with Crippen LogP contribution in [0, 0.1) is 11.7 Å². The Morgan fingerprint density at radius 1 is 1.19 bits per heavy atom. The number of methoxy groups -OCH3 is 1. The Bertz CT molecular complexity index is 603. The van der Waals surface area contributed by atoms with Gasteiger partial charge in [0.05, 0.1) is 12.1 Å². The molecular weight excluding hydrogens is 289 g/mol. The van der Waals surface area contributed by atoms with Gasteiger partial charge in [-0.25, -0.2) is 4.39 Å². The molecule has 2 nitrogen and oxygen atoms in total. The summed E-state index contributed by atoms with van der Waals surface area (Å²) in [6.45, 7) is 0.549. The maximum atomic E-state index is 13.2. The van der Waals surface area contributed by atoms with Crippen LogP contribution in [0.1, 0.15) is 11.1 Å². The number of hydrogen-bond acceptors (Lipinski definition) is 2. The van der Waals surface area contributed by atoms with Gasteiger partial charge in [-0.15, -0.1) is 0 Å². The molecule has 0 aliphatic carbocycles. The molecule has 2 aromatic carbocycles. The van der Waals surface area contributed by atoms with Crippen LogP contribution in [0.25, 0.3) is 0 Å². The van der Waals surface area contributed by atoms with Crippen molar-refractivity contribution in [2.45, 2.75) is 12.8 Å². The molecule has 0 fully saturated rings. The number of nitrogens with two attached hydrogens (primary N) is 1. The second-order valence-corrected chi connectivity index (χ2v) is 5.48. The molecule has 0 aromatic heterocycles. The van der Waals surface area contributed by atoms with Crippen LogP contribution in [-0.2, 0) is 12.8 Å². The molecule has 21 heavy (non-hydrogen) atoms. The predicted octanol–water partition coefficient (Wildman–Crippen LogP) is 3.85. The van der Waals surface area contributed by atoms with E-state index in [2.05, 4.69) is 0 Å². The van der Waals surface area contributed by atoms with Gasteiger partial charge in [0.25, 0.3) is 0 Å². The normalized spacial score (nSPS) is 12.2. The molecule has 0 aliphatic rings. The Balaban J connectivity index is 2.11. The predicted molar refractivity (Wildman–Crippen MR) is 84.4 cm³/mol. The monoisotopic (exact) mass is 307 g/mol. The third-order valence-corrected chi connectivity index (χ3v) is 3.83. The van der Waals surface area contributed by atoms with Crippen molar-refractivity contribution in [1.82, 2.24) is 0 Å². The van der Waals surface area contributed by atoms with Crippen molar-refractivity contribution in [2.75, 3.05) is 13.7 Å². The van der Waals surface area contributed by atoms with E-state index in [9.17, 15) is 4.39 Å². The zero-order valence-electron chi connectivity index (χ0n) is 12.0. The summed E-state index contributed by atoms with van der Waals surface area (Å²) in [5.74, 6) is 0.727. The first kappa shape index (κ1) is 15.8. The molecule has 112 valence electrons. The lowest BCUT2D eigenvalue weighted by molar-refractivity contribution is 0.404. The molecule has 1 unspecified atom stereocenters. The number of halogens is 2. The summed E-state index contributed by atoms with van der Waals surface area (Å²) in [4.78, 5) is 0. The lowest BCUT2D eigenvalue weighted by atomic mass is 9.92. The standard InChI is InChI=1S/C17H19ClFNO/c1-21-17-5-3-2-4-14(17)9-13(11-20)8-12-6-7-16(19)15(18)10-12/h2-7,10,13H,8-9,11,20H2,1H3. The Morgan fingerprint density at radius 2 is 1.95 bits per heavy atom. The van der Waals surface area contributed by atoms with E-state index >= 15 is 0 Å². The average molecular weight is 308 g/mol. The lowest BCUT2D eigenvalue weighted by Gasteiger charge is -2.17. The van der Waals surface area contributed by atoms with Crippen LogP contribution >= 0.6 is 11.6 Å². The summed E-state index contributed by atoms with van der Waals surface area (Å²) in [5.41, 5.74) is 8.00. The van der Waals surface area contributed by atoms with Gasteiger partial charge in [-0.1, -0.05) is 35.9 Å². The molecule has 0 bridgehead atoms. The number of benzene rings is 2. The van der Waals surface area contributed by atoms with Gasteiger partial charge >= 0.3 is 0 Å². The molecule has 2 rings (SSSR count). The number of para-hydroxylation sites is 1. The summed E-state index contributed by atoms with van der Waals surface area (Å²) >= 11 is 5.82. The first-order chi connectivity index (χ1) is 10.1. The van der Waals surface area contributed by atoms with Crippen molar-refractivity contribution in [1.29, 1.82) is 0 Å². The minimum atomic E-state index is -0.394. The summed E-state index contributed by atoms with van der Waals surface area (Å²) < 4.78 is 18.6. The number of ether oxygens (including phenoxy) is 1. The maximum absolute atomic E-state index is 13.2. The van der Waals surface area contributed by atoms with E-state index in [1.165, 1.54) is 6.07 Å². The fourth-order valence-corrected chi connectivity index (χ4v) is 2.62. The Labute approximate surface area is 129 Å². The second kappa shape index (κ2) is 7.43. The molecule has 0 saturated heterocycles. The molecule has 0 amide bonds. The zero-order valence-corrected chi connectivity index (χ0v) is 12.7. The van der Waals surface area contributed by atoms with Crippen LogP contribution in [0.3, 0.4) is 0 Å². The molecule has 0 radical (unpaired) electrons. The lowest BCUT2D eigenvalue weighted by Crippen LogP contribution is -2.19. The van der Waals surface area contributed by atoms with Gasteiger partial charge < -0.3 is 10.5 Å². The van der Waals surface area contributed by atoms with Crippen molar-refractivity contribution in [3.05, 3.63) is 64.4 Å². The second-order valence-electron chi connectivity index (χ2n) is 5.07. The third kappa shape index (κ3) is 4.19. The molecule has 0 aliphatic heterocycles. The highest BCUT2D eigenvalue weighted by Gasteiger charge is 2.13. The van der Waals surface area contributed by atoms with E-state index in [-0.39, 0.29) is 10.9 Å². The minimum Gasteiger partial charge on any atom is -0.496 e. The van der Waals surface area contributed by atoms with Gasteiger partial charge in [-0.2, -0.15) is 0 Å². The van der Waals surface area contributed by atoms with Crippen molar-refractivity contribution >= 4 is 11.6 Å². The molecular formula is C17H19ClFNO. The summed E-state index contributed by atoms with van der Waals surface area (Å²) in [6.07, 6.45) is 1.57. The minimum absolute atomic E-state index is 0.153. The highest BCUT2D eigenvalue weighted by molar-refractivity contribution is 6.30. The number of hydrogen-bond donors (Lipinski definition) is 1. The van der Waals surface area contributed by atoms with Gasteiger partial charge in [-0.3, -0.25) is 0 Å². The fraction of sp³-hybridized carbons (Fsp3) is 0.294. The topological polar surface area (TPSA) is 35.2 Å². The highest BCUT2D eigenvalue weighted by Crippen LogP contribution is 2.24. The van der Waals surface area contributed by atoms with Crippen LogP contribution in [0.4, 0.5) is 4.39 Å². The quantitative estimate of drug-likeness (QED) is 0.880. The number of rotatable bonds is 6. The van der Waals surface area contributed by atoms with E-state index < -0.39 is 5.82 Å². The largest absolute Gasteiger partial charge is 0.496 e. The Morgan fingerprint density at radius 3 is 2.62 bits per heavy atom. The van der Waals surface area contributed by atoms with E-state index in [4.69, 9.17) is 22.1 Å². The molecule has 1 atom stereocenters. The summed E-state index contributed by atoms with van der Waals surface area (Å²) in [7, 11) is 1.66. The summed E-state index contributed by atoms with van der Waals surface area (Å²) in [6, 6.07) is 12.7. The van der Waals surface area contributed by atoms with E-state index in [1.54, 1.807) is 19.2 Å². The van der Waals surface area contributed by atoms with E-state index in [0.717, 1.165) is 29.7 Å². The Kier molecular flexibility index (Phi) is 5.59. The first-order valence-electron chi connectivity index (χ1n) is 6.90. The van der Waals surface area contributed by atoms with Crippen LogP contribution in [-0.4, -0.2) is 13.7 Å². The SMILES string of the molecule is COc1ccccc1CC(CN)Cc1ccc(F)c(Cl)c1. The van der Waals surface area contributed by atoms with Gasteiger partial charge in [-0.05, 0) is 54.6 Å². The van der Waals surface area contributed by atoms with Gasteiger partial charge in [0.1, 0.15) is 11.6 Å². The molecule has 4 heteroatoms. The van der Waals surface area contributed by atoms with Gasteiger partial charge in [0.2, 0.25) is 0 Å². The van der Waals surface area contributed by atoms with Crippen LogP contribution in [0.15, 0.2) is 42.5 Å². The first-order valence-corrected chi connectivity index (χ1v) is 7.27. The van der Waals surface area contributed by atoms with Crippen molar-refractivity contribution in [3.8, 4) is 5.75 Å². The highest BCUT2D eigenvalue weighted by atomic mass is 35.5. The van der Waals surface area contributed by atoms with Crippen molar-refractivity contribution < 1.29 is 9.13 Å². The molecule has 0 heterocycles. The van der Waals surface area contributed by atoms with E-state index in [0.29, 0.717) is 6.54 Å². The van der Waals surface area contributed by atoms with Crippen molar-refractivity contribution in [2.24, 2.45) is 11.7 Å². The van der Waals surface area contributed by atoms with Gasteiger partial charge in [0, 0.05) is 0 Å². The summed E-state index contributed by atoms with van der Waals surface area (Å²) in [5, 5.41) is 0.153. The van der Waals surface area contributed by atoms with E-state index in [1.807, 2.05) is 24.3 Å². The Hall–Kier alpha value is -1.58. The molecule has 2 N–H and O–H groups in total. The van der Waals surface area contributed by atoms with Gasteiger partial charge in [0.15, 0.2) is 0 Å². The molecule has 0 spiro atoms. The molecule has 0 saturated carbocycles. The van der Waals surface area contributed by atoms with Crippen LogP contribution in [0.2, 0.25) is 5.02 Å². The maximum Gasteiger partial charge on any atom is 0.141 e. The van der Waals surface area contributed by atoms with Crippen LogP contribution in [0.5, 0.6) is 5.75 Å². The zero-order chi connectivity index (χ0) is 15.2. The third-order valence-electron chi connectivity index (χ3n) is 3.54. The smallest absolute Gasteiger partial charge is 0.141 e.